The molecule has 0 saturated carbocycles. The number of carbonyl (C=O) groups is 1. The van der Waals surface area contributed by atoms with Gasteiger partial charge in [-0.05, 0) is 24.6 Å². The van der Waals surface area contributed by atoms with Crippen LogP contribution in [0.4, 0.5) is 5.69 Å². The summed E-state index contributed by atoms with van der Waals surface area (Å²) in [6.07, 6.45) is 1.35. The van der Waals surface area contributed by atoms with Crippen molar-refractivity contribution in [2.45, 2.75) is 6.92 Å². The molecule has 0 aliphatic carbocycles. The third kappa shape index (κ3) is 4.82. The minimum absolute atomic E-state index is 0.0236. The van der Waals surface area contributed by atoms with Crippen molar-refractivity contribution in [1.29, 1.82) is 5.26 Å². The van der Waals surface area contributed by atoms with Crippen molar-refractivity contribution in [2.24, 2.45) is 0 Å². The number of hydrogen-bond acceptors (Lipinski definition) is 3. The van der Waals surface area contributed by atoms with Crippen LogP contribution in [0.1, 0.15) is 5.56 Å². The number of hydrogen-bond donors (Lipinski definition) is 2. The highest BCUT2D eigenvalue weighted by molar-refractivity contribution is 6.30. The average Bonchev–Trinajstić information content (AvgIpc) is 2.40. The summed E-state index contributed by atoms with van der Waals surface area (Å²) in [7, 11) is 0. The van der Waals surface area contributed by atoms with E-state index in [1.165, 1.54) is 6.20 Å². The van der Waals surface area contributed by atoms with Gasteiger partial charge in [-0.15, -0.1) is 11.6 Å². The molecule has 2 N–H and O–H groups in total. The molecule has 1 aromatic carbocycles. The van der Waals surface area contributed by atoms with Crippen LogP contribution in [0.3, 0.4) is 0 Å². The molecule has 100 valence electrons. The van der Waals surface area contributed by atoms with Crippen LogP contribution in [-0.4, -0.2) is 18.3 Å². The molecule has 0 aliphatic rings. The molecule has 1 rings (SSSR count). The van der Waals surface area contributed by atoms with Crippen LogP contribution in [0, 0.1) is 18.3 Å². The number of anilines is 1. The molecule has 0 radical (unpaired) electrons. The minimum Gasteiger partial charge on any atom is -0.360 e. The molecule has 4 nitrogen and oxygen atoms in total. The lowest BCUT2D eigenvalue weighted by molar-refractivity contribution is -0.117. The first-order valence-electron chi connectivity index (χ1n) is 5.55. The molecular weight excluding hydrogens is 285 g/mol. The van der Waals surface area contributed by atoms with Crippen LogP contribution in [0.5, 0.6) is 0 Å². The smallest absolute Gasteiger partial charge is 0.263 e. The van der Waals surface area contributed by atoms with E-state index in [1.807, 2.05) is 19.1 Å². The van der Waals surface area contributed by atoms with Crippen LogP contribution in [0.15, 0.2) is 30.0 Å². The molecular formula is C13H13Cl2N3O. The third-order valence-electron chi connectivity index (χ3n) is 2.32. The van der Waals surface area contributed by atoms with E-state index in [0.29, 0.717) is 17.4 Å². The van der Waals surface area contributed by atoms with Gasteiger partial charge in [-0.3, -0.25) is 4.79 Å². The standard InChI is InChI=1S/C13H13Cl2N3O/c1-9-2-3-11(15)6-12(9)18-8-10(7-16)13(19)17-5-4-14/h2-3,6,8,18H,4-5H2,1H3,(H,17,19)/b10-8-. The van der Waals surface area contributed by atoms with Gasteiger partial charge in [-0.2, -0.15) is 5.26 Å². The van der Waals surface area contributed by atoms with Crippen molar-refractivity contribution >= 4 is 34.8 Å². The summed E-state index contributed by atoms with van der Waals surface area (Å²) >= 11 is 11.3. The number of benzene rings is 1. The molecule has 19 heavy (non-hydrogen) atoms. The summed E-state index contributed by atoms with van der Waals surface area (Å²) in [5, 5.41) is 14.9. The van der Waals surface area contributed by atoms with Crippen LogP contribution in [0.2, 0.25) is 5.02 Å². The normalized spacial score (nSPS) is 10.7. The molecule has 1 aromatic rings. The van der Waals surface area contributed by atoms with E-state index < -0.39 is 5.91 Å². The number of nitrogens with one attached hydrogen (secondary N) is 2. The zero-order valence-corrected chi connectivity index (χ0v) is 11.8. The Morgan fingerprint density at radius 1 is 1.53 bits per heavy atom. The number of nitrogens with zero attached hydrogens (tertiary/aromatic N) is 1. The summed E-state index contributed by atoms with van der Waals surface area (Å²) < 4.78 is 0. The molecule has 0 fully saturated rings. The maximum Gasteiger partial charge on any atom is 0.263 e. The second-order valence-corrected chi connectivity index (χ2v) is 4.53. The lowest BCUT2D eigenvalue weighted by Gasteiger charge is -2.07. The number of alkyl halides is 1. The van der Waals surface area contributed by atoms with E-state index in [1.54, 1.807) is 12.1 Å². The Morgan fingerprint density at radius 2 is 2.26 bits per heavy atom. The number of halogens is 2. The van der Waals surface area contributed by atoms with E-state index in [0.717, 1.165) is 11.3 Å². The van der Waals surface area contributed by atoms with Gasteiger partial charge < -0.3 is 10.6 Å². The molecule has 1 amide bonds. The van der Waals surface area contributed by atoms with Crippen molar-refractivity contribution in [3.8, 4) is 6.07 Å². The molecule has 6 heteroatoms. The Labute approximate surface area is 122 Å². The first kappa shape index (κ1) is 15.4. The number of nitriles is 1. The zero-order valence-electron chi connectivity index (χ0n) is 10.3. The molecule has 0 saturated heterocycles. The fraction of sp³-hybridized carbons (Fsp3) is 0.231. The highest BCUT2D eigenvalue weighted by Gasteiger charge is 2.07. The first-order valence-corrected chi connectivity index (χ1v) is 6.47. The summed E-state index contributed by atoms with van der Waals surface area (Å²) in [6.45, 7) is 2.21. The Balaban J connectivity index is 2.80. The van der Waals surface area contributed by atoms with Gasteiger partial charge in [-0.25, -0.2) is 0 Å². The predicted octanol–water partition coefficient (Wildman–Crippen LogP) is 2.82. The Bertz CT molecular complexity index is 535. The number of rotatable bonds is 5. The second kappa shape index (κ2) is 7.67. The van der Waals surface area contributed by atoms with Gasteiger partial charge in [-0.1, -0.05) is 17.7 Å². The molecule has 0 unspecified atom stereocenters. The topological polar surface area (TPSA) is 64.9 Å². The molecule has 0 heterocycles. The quantitative estimate of drug-likeness (QED) is 0.499. The van der Waals surface area contributed by atoms with E-state index >= 15 is 0 Å². The number of carbonyl (C=O) groups excluding carboxylic acids is 1. The highest BCUT2D eigenvalue weighted by Crippen LogP contribution is 2.20. The summed E-state index contributed by atoms with van der Waals surface area (Å²) in [4.78, 5) is 11.6. The van der Waals surface area contributed by atoms with Crippen molar-refractivity contribution in [2.75, 3.05) is 17.7 Å². The fourth-order valence-corrected chi connectivity index (χ4v) is 1.57. The zero-order chi connectivity index (χ0) is 14.3. The van der Waals surface area contributed by atoms with E-state index in [2.05, 4.69) is 10.6 Å². The lowest BCUT2D eigenvalue weighted by Crippen LogP contribution is -2.26. The fourth-order valence-electron chi connectivity index (χ4n) is 1.30. The van der Waals surface area contributed by atoms with E-state index in [4.69, 9.17) is 28.5 Å². The number of amides is 1. The van der Waals surface area contributed by atoms with Crippen LogP contribution >= 0.6 is 23.2 Å². The maximum absolute atomic E-state index is 11.6. The number of aryl methyl sites for hydroxylation is 1. The monoisotopic (exact) mass is 297 g/mol. The predicted molar refractivity (Wildman–Crippen MR) is 77.2 cm³/mol. The van der Waals surface area contributed by atoms with Gasteiger partial charge in [0.05, 0.1) is 0 Å². The Morgan fingerprint density at radius 3 is 2.89 bits per heavy atom. The van der Waals surface area contributed by atoms with Crippen molar-refractivity contribution < 1.29 is 4.79 Å². The van der Waals surface area contributed by atoms with Crippen LogP contribution < -0.4 is 10.6 Å². The van der Waals surface area contributed by atoms with Gasteiger partial charge in [0.15, 0.2) is 0 Å². The highest BCUT2D eigenvalue weighted by atomic mass is 35.5. The third-order valence-corrected chi connectivity index (χ3v) is 2.74. The van der Waals surface area contributed by atoms with Gasteiger partial charge >= 0.3 is 0 Å². The van der Waals surface area contributed by atoms with Crippen molar-refractivity contribution in [3.63, 3.8) is 0 Å². The molecule has 0 bridgehead atoms. The van der Waals surface area contributed by atoms with Gasteiger partial charge in [0, 0.05) is 29.3 Å². The van der Waals surface area contributed by atoms with Crippen molar-refractivity contribution in [3.05, 3.63) is 40.6 Å². The van der Waals surface area contributed by atoms with E-state index in [9.17, 15) is 4.79 Å². The van der Waals surface area contributed by atoms with Gasteiger partial charge in [0.2, 0.25) is 0 Å². The molecule has 0 spiro atoms. The lowest BCUT2D eigenvalue weighted by atomic mass is 10.2. The largest absolute Gasteiger partial charge is 0.360 e. The molecule has 0 aromatic heterocycles. The summed E-state index contributed by atoms with van der Waals surface area (Å²) in [5.74, 6) is -0.166. The SMILES string of the molecule is Cc1ccc(Cl)cc1N/C=C(/C#N)C(=O)NCCCl. The first-order chi connectivity index (χ1) is 9.08. The van der Waals surface area contributed by atoms with Crippen molar-refractivity contribution in [1.82, 2.24) is 5.32 Å². The summed E-state index contributed by atoms with van der Waals surface area (Å²) in [5.41, 5.74) is 1.67. The second-order valence-electron chi connectivity index (χ2n) is 3.72. The van der Waals surface area contributed by atoms with Crippen LogP contribution in [-0.2, 0) is 4.79 Å². The Kier molecular flexibility index (Phi) is 6.20. The summed E-state index contributed by atoms with van der Waals surface area (Å²) in [6, 6.07) is 7.16. The minimum atomic E-state index is -0.463. The van der Waals surface area contributed by atoms with Gasteiger partial charge in [0.1, 0.15) is 11.6 Å². The maximum atomic E-state index is 11.6. The molecule has 0 atom stereocenters. The van der Waals surface area contributed by atoms with Gasteiger partial charge in [0.25, 0.3) is 5.91 Å². The average molecular weight is 298 g/mol. The molecule has 0 aliphatic heterocycles. The van der Waals surface area contributed by atoms with E-state index in [-0.39, 0.29) is 5.57 Å². The Hall–Kier alpha value is -1.70. The van der Waals surface area contributed by atoms with Crippen LogP contribution in [0.25, 0.3) is 0 Å².